The van der Waals surface area contributed by atoms with Gasteiger partial charge in [-0.05, 0) is 24.5 Å². The van der Waals surface area contributed by atoms with E-state index in [1.54, 1.807) is 24.3 Å². The van der Waals surface area contributed by atoms with Gasteiger partial charge in [0.05, 0.1) is 0 Å². The molecule has 1 amide bonds. The molecule has 0 saturated heterocycles. The Bertz CT molecular complexity index is 521. The van der Waals surface area contributed by atoms with E-state index in [9.17, 15) is 9.59 Å². The average molecular weight is 315 g/mol. The van der Waals surface area contributed by atoms with Crippen molar-refractivity contribution in [3.63, 3.8) is 0 Å². The van der Waals surface area contributed by atoms with Gasteiger partial charge in [0.1, 0.15) is 12.6 Å². The minimum Gasteiger partial charge on any atom is -0.460 e. The number of ether oxygens (including phenoxy) is 1. The molecule has 1 atom stereocenters. The zero-order chi connectivity index (χ0) is 16.5. The van der Waals surface area contributed by atoms with Crippen LogP contribution in [0.3, 0.4) is 0 Å². The molecule has 0 aliphatic heterocycles. The van der Waals surface area contributed by atoms with Crippen LogP contribution in [0.25, 0.3) is 0 Å². The van der Waals surface area contributed by atoms with Gasteiger partial charge in [0.15, 0.2) is 0 Å². The fourth-order valence-electron chi connectivity index (χ4n) is 3.04. The maximum Gasteiger partial charge on any atom is 0.328 e. The Balaban J connectivity index is 2.00. The summed E-state index contributed by atoms with van der Waals surface area (Å²) in [5.74, 6) is -0.136. The largest absolute Gasteiger partial charge is 0.460 e. The highest BCUT2D eigenvalue weighted by Gasteiger charge is 2.27. The lowest BCUT2D eigenvalue weighted by Gasteiger charge is -2.26. The van der Waals surface area contributed by atoms with E-state index in [1.165, 1.54) is 25.3 Å². The average Bonchev–Trinajstić information content (AvgIpc) is 2.60. The van der Waals surface area contributed by atoms with Crippen molar-refractivity contribution >= 4 is 11.9 Å². The molecular formula is C19H25NO3. The molecule has 1 aromatic carbocycles. The summed E-state index contributed by atoms with van der Waals surface area (Å²) in [6.45, 7) is 3.72. The molecule has 0 bridgehead atoms. The summed E-state index contributed by atoms with van der Waals surface area (Å²) in [6, 6.07) is 8.35. The van der Waals surface area contributed by atoms with E-state index in [2.05, 4.69) is 11.9 Å². The lowest BCUT2D eigenvalue weighted by Crippen LogP contribution is -2.43. The summed E-state index contributed by atoms with van der Waals surface area (Å²) >= 11 is 0. The molecule has 2 rings (SSSR count). The highest BCUT2D eigenvalue weighted by molar-refractivity contribution is 5.96. The molecule has 1 aromatic rings. The van der Waals surface area contributed by atoms with Gasteiger partial charge in [-0.2, -0.15) is 0 Å². The second-order valence-electron chi connectivity index (χ2n) is 6.05. The summed E-state index contributed by atoms with van der Waals surface area (Å²) in [4.78, 5) is 24.6. The van der Waals surface area contributed by atoms with Crippen LogP contribution in [0.15, 0.2) is 43.0 Å². The monoisotopic (exact) mass is 315 g/mol. The van der Waals surface area contributed by atoms with E-state index in [0.29, 0.717) is 17.9 Å². The van der Waals surface area contributed by atoms with Crippen molar-refractivity contribution < 1.29 is 14.3 Å². The Kier molecular flexibility index (Phi) is 6.85. The van der Waals surface area contributed by atoms with Crippen molar-refractivity contribution in [1.29, 1.82) is 0 Å². The number of benzene rings is 1. The number of nitrogens with one attached hydrogen (secondary N) is 1. The molecule has 23 heavy (non-hydrogen) atoms. The van der Waals surface area contributed by atoms with Crippen molar-refractivity contribution in [3.05, 3.63) is 48.6 Å². The Morgan fingerprint density at radius 2 is 1.91 bits per heavy atom. The molecule has 4 heteroatoms. The highest BCUT2D eigenvalue weighted by Crippen LogP contribution is 2.27. The van der Waals surface area contributed by atoms with E-state index in [-0.39, 0.29) is 18.5 Å². The zero-order valence-corrected chi connectivity index (χ0v) is 13.5. The molecule has 0 heterocycles. The predicted molar refractivity (Wildman–Crippen MR) is 90.0 cm³/mol. The molecule has 4 nitrogen and oxygen atoms in total. The van der Waals surface area contributed by atoms with Crippen LogP contribution in [-0.2, 0) is 9.53 Å². The first kappa shape index (κ1) is 17.3. The molecular weight excluding hydrogens is 290 g/mol. The first-order valence-electron chi connectivity index (χ1n) is 8.34. The maximum absolute atomic E-state index is 12.3. The fourth-order valence-corrected chi connectivity index (χ4v) is 3.04. The highest BCUT2D eigenvalue weighted by atomic mass is 16.5. The third-order valence-electron chi connectivity index (χ3n) is 4.26. The minimum atomic E-state index is -0.592. The lowest BCUT2D eigenvalue weighted by molar-refractivity contribution is -0.145. The van der Waals surface area contributed by atoms with E-state index in [4.69, 9.17) is 4.74 Å². The van der Waals surface area contributed by atoms with Gasteiger partial charge in [-0.3, -0.25) is 4.79 Å². The van der Waals surface area contributed by atoms with E-state index >= 15 is 0 Å². The van der Waals surface area contributed by atoms with E-state index in [0.717, 1.165) is 12.8 Å². The predicted octanol–water partition coefficient (Wildman–Crippen LogP) is 3.48. The van der Waals surface area contributed by atoms with Gasteiger partial charge < -0.3 is 10.1 Å². The number of carbonyl (C=O) groups is 2. The van der Waals surface area contributed by atoms with Gasteiger partial charge in [-0.25, -0.2) is 4.79 Å². The van der Waals surface area contributed by atoms with E-state index in [1.807, 2.05) is 6.07 Å². The van der Waals surface area contributed by atoms with Gasteiger partial charge in [-0.15, -0.1) is 0 Å². The molecule has 1 saturated carbocycles. The molecule has 0 radical (unpaired) electrons. The minimum absolute atomic E-state index is 0.168. The van der Waals surface area contributed by atoms with Crippen molar-refractivity contribution in [2.24, 2.45) is 5.92 Å². The summed E-state index contributed by atoms with van der Waals surface area (Å²) in [5.41, 5.74) is 0.553. The third-order valence-corrected chi connectivity index (χ3v) is 4.26. The van der Waals surface area contributed by atoms with Crippen LogP contribution in [0.4, 0.5) is 0 Å². The van der Waals surface area contributed by atoms with Crippen molar-refractivity contribution in [2.45, 2.75) is 44.6 Å². The first-order chi connectivity index (χ1) is 11.2. The maximum atomic E-state index is 12.3. The van der Waals surface area contributed by atoms with Crippen LogP contribution in [0.2, 0.25) is 0 Å². The fraction of sp³-hybridized carbons (Fsp3) is 0.474. The summed E-state index contributed by atoms with van der Waals surface area (Å²) < 4.78 is 5.16. The Morgan fingerprint density at radius 1 is 1.22 bits per heavy atom. The van der Waals surface area contributed by atoms with Crippen LogP contribution in [-0.4, -0.2) is 24.5 Å². The Morgan fingerprint density at radius 3 is 2.57 bits per heavy atom. The molecule has 1 aliphatic rings. The Hall–Kier alpha value is -2.10. The van der Waals surface area contributed by atoms with Gasteiger partial charge >= 0.3 is 5.97 Å². The second-order valence-corrected chi connectivity index (χ2v) is 6.05. The number of hydrogen-bond acceptors (Lipinski definition) is 3. The standard InChI is InChI=1S/C19H25NO3/c1-2-13-23-19(22)17(14-15-9-5-3-6-10-15)20-18(21)16-11-7-4-8-12-16/h2,4,7-8,11-12,15,17H,1,3,5-6,9-10,13-14H2,(H,20,21)/t17-/m0/s1. The van der Waals surface area contributed by atoms with Crippen LogP contribution >= 0.6 is 0 Å². The normalized spacial score (nSPS) is 16.3. The van der Waals surface area contributed by atoms with E-state index < -0.39 is 6.04 Å². The second kappa shape index (κ2) is 9.13. The lowest BCUT2D eigenvalue weighted by atomic mass is 9.84. The SMILES string of the molecule is C=CCOC(=O)[C@H](CC1CCCCC1)NC(=O)c1ccccc1. The number of hydrogen-bond donors (Lipinski definition) is 1. The van der Waals surface area contributed by atoms with Crippen molar-refractivity contribution in [2.75, 3.05) is 6.61 Å². The molecule has 124 valence electrons. The van der Waals surface area contributed by atoms with Gasteiger partial charge in [0, 0.05) is 5.56 Å². The summed E-state index contributed by atoms with van der Waals surface area (Å²) in [7, 11) is 0. The van der Waals surface area contributed by atoms with Crippen LogP contribution in [0.1, 0.15) is 48.9 Å². The number of rotatable bonds is 7. The molecule has 1 N–H and O–H groups in total. The summed E-state index contributed by atoms with van der Waals surface area (Å²) in [5, 5.41) is 2.84. The molecule has 0 spiro atoms. The third kappa shape index (κ3) is 5.55. The molecule has 0 aromatic heterocycles. The van der Waals surface area contributed by atoms with Crippen LogP contribution in [0, 0.1) is 5.92 Å². The van der Waals surface area contributed by atoms with Gasteiger partial charge in [-0.1, -0.05) is 63.0 Å². The van der Waals surface area contributed by atoms with Gasteiger partial charge in [0.2, 0.25) is 0 Å². The summed E-state index contributed by atoms with van der Waals surface area (Å²) in [6.07, 6.45) is 8.08. The molecule has 0 unspecified atom stereocenters. The van der Waals surface area contributed by atoms with Gasteiger partial charge in [0.25, 0.3) is 5.91 Å². The Labute approximate surface area is 137 Å². The van der Waals surface area contributed by atoms with Crippen LogP contribution in [0.5, 0.6) is 0 Å². The molecule has 1 fully saturated rings. The number of amides is 1. The zero-order valence-electron chi connectivity index (χ0n) is 13.5. The number of esters is 1. The quantitative estimate of drug-likeness (QED) is 0.619. The van der Waals surface area contributed by atoms with Crippen molar-refractivity contribution in [3.8, 4) is 0 Å². The smallest absolute Gasteiger partial charge is 0.328 e. The number of carbonyl (C=O) groups excluding carboxylic acids is 2. The molecule has 1 aliphatic carbocycles. The van der Waals surface area contributed by atoms with Crippen molar-refractivity contribution in [1.82, 2.24) is 5.32 Å². The topological polar surface area (TPSA) is 55.4 Å². The van der Waals surface area contributed by atoms with Crippen LogP contribution < -0.4 is 5.32 Å². The first-order valence-corrected chi connectivity index (χ1v) is 8.34.